The molecule has 0 saturated carbocycles. The van der Waals surface area contributed by atoms with E-state index in [0.717, 1.165) is 16.4 Å². The zero-order valence-electron chi connectivity index (χ0n) is 11.9. The lowest BCUT2D eigenvalue weighted by Crippen LogP contribution is -2.40. The van der Waals surface area contributed by atoms with Crippen molar-refractivity contribution in [2.75, 3.05) is 27.2 Å². The van der Waals surface area contributed by atoms with E-state index in [2.05, 4.69) is 10.0 Å². The number of carbonyl (C=O) groups excluding carboxylic acids is 1. The second-order valence-electron chi connectivity index (χ2n) is 4.48. The van der Waals surface area contributed by atoms with Gasteiger partial charge in [0.25, 0.3) is 16.1 Å². The number of carbonyl (C=O) groups is 1. The monoisotopic (exact) mass is 339 g/mol. The van der Waals surface area contributed by atoms with E-state index < -0.39 is 33.4 Å². The second-order valence-corrected chi connectivity index (χ2v) is 6.45. The highest BCUT2D eigenvalue weighted by atomic mass is 32.2. The standard InChI is InChI=1S/C12H16F3N3O3S/c1-18(2)22(20,21)17-8-7-16-11(19)9-5-3-4-6-10(9)12(13,14)15/h3-6,17H,7-8H2,1-2H3,(H,16,19). The molecule has 0 aliphatic rings. The van der Waals surface area contributed by atoms with Crippen molar-refractivity contribution in [2.24, 2.45) is 0 Å². The van der Waals surface area contributed by atoms with Crippen LogP contribution in [0.1, 0.15) is 15.9 Å². The van der Waals surface area contributed by atoms with Crippen molar-refractivity contribution in [1.29, 1.82) is 0 Å². The molecule has 22 heavy (non-hydrogen) atoms. The molecule has 0 radical (unpaired) electrons. The van der Waals surface area contributed by atoms with Gasteiger partial charge in [-0.3, -0.25) is 4.79 Å². The first-order chi connectivity index (χ1) is 10.1. The van der Waals surface area contributed by atoms with Gasteiger partial charge in [-0.1, -0.05) is 12.1 Å². The van der Waals surface area contributed by atoms with Crippen LogP contribution in [-0.4, -0.2) is 45.8 Å². The third kappa shape index (κ3) is 4.97. The summed E-state index contributed by atoms with van der Waals surface area (Å²) in [6, 6.07) is 4.37. The Hall–Kier alpha value is -1.65. The molecule has 10 heteroatoms. The SMILES string of the molecule is CN(C)S(=O)(=O)NCCNC(=O)c1ccccc1C(F)(F)F. The summed E-state index contributed by atoms with van der Waals surface area (Å²) in [6.45, 7) is -0.279. The highest BCUT2D eigenvalue weighted by molar-refractivity contribution is 7.87. The fraction of sp³-hybridized carbons (Fsp3) is 0.417. The fourth-order valence-corrected chi connectivity index (χ4v) is 2.13. The van der Waals surface area contributed by atoms with Crippen LogP contribution in [0.2, 0.25) is 0 Å². The smallest absolute Gasteiger partial charge is 0.351 e. The molecule has 1 aromatic carbocycles. The summed E-state index contributed by atoms with van der Waals surface area (Å²) in [6.07, 6.45) is -4.64. The third-order valence-corrected chi connectivity index (χ3v) is 4.18. The van der Waals surface area contributed by atoms with E-state index in [1.807, 2.05) is 0 Å². The van der Waals surface area contributed by atoms with Crippen LogP contribution in [0.15, 0.2) is 24.3 Å². The van der Waals surface area contributed by atoms with Gasteiger partial charge in [0.1, 0.15) is 0 Å². The Morgan fingerprint density at radius 2 is 1.77 bits per heavy atom. The summed E-state index contributed by atoms with van der Waals surface area (Å²) in [5.74, 6) is -0.919. The molecule has 2 N–H and O–H groups in total. The van der Waals surface area contributed by atoms with Gasteiger partial charge in [0, 0.05) is 27.2 Å². The molecular weight excluding hydrogens is 323 g/mol. The minimum absolute atomic E-state index is 0.138. The number of halogens is 3. The zero-order chi connectivity index (χ0) is 17.0. The summed E-state index contributed by atoms with van der Waals surface area (Å²) in [7, 11) is -1.00. The van der Waals surface area contributed by atoms with Crippen molar-refractivity contribution in [2.45, 2.75) is 6.18 Å². The molecule has 0 bridgehead atoms. The molecule has 1 rings (SSSR count). The molecular formula is C12H16F3N3O3S. The van der Waals surface area contributed by atoms with Gasteiger partial charge in [0.2, 0.25) is 0 Å². The number of rotatable bonds is 6. The average Bonchev–Trinajstić information content (AvgIpc) is 2.42. The summed E-state index contributed by atoms with van der Waals surface area (Å²) in [5.41, 5.74) is -1.55. The quantitative estimate of drug-likeness (QED) is 0.754. The maximum Gasteiger partial charge on any atom is 0.417 e. The molecule has 0 heterocycles. The Kier molecular flexibility index (Phi) is 5.92. The van der Waals surface area contributed by atoms with Crippen molar-refractivity contribution in [1.82, 2.24) is 14.3 Å². The Balaban J connectivity index is 2.65. The number of nitrogens with one attached hydrogen (secondary N) is 2. The maximum absolute atomic E-state index is 12.8. The molecule has 0 spiro atoms. The number of amides is 1. The molecule has 0 saturated heterocycles. The maximum atomic E-state index is 12.8. The molecule has 0 aliphatic carbocycles. The molecule has 0 atom stereocenters. The molecule has 6 nitrogen and oxygen atoms in total. The van der Waals surface area contributed by atoms with E-state index in [9.17, 15) is 26.4 Å². The minimum Gasteiger partial charge on any atom is -0.351 e. The van der Waals surface area contributed by atoms with Gasteiger partial charge in [-0.25, -0.2) is 4.72 Å². The Morgan fingerprint density at radius 3 is 2.32 bits per heavy atom. The number of alkyl halides is 3. The summed E-state index contributed by atoms with van der Waals surface area (Å²) < 4.78 is 64.2. The average molecular weight is 339 g/mol. The Morgan fingerprint density at radius 1 is 1.18 bits per heavy atom. The number of hydrogen-bond acceptors (Lipinski definition) is 3. The van der Waals surface area contributed by atoms with Gasteiger partial charge in [0.05, 0.1) is 11.1 Å². The van der Waals surface area contributed by atoms with Crippen molar-refractivity contribution in [3.05, 3.63) is 35.4 Å². The topological polar surface area (TPSA) is 78.5 Å². The molecule has 0 fully saturated rings. The van der Waals surface area contributed by atoms with Crippen molar-refractivity contribution in [3.8, 4) is 0 Å². The fourth-order valence-electron chi connectivity index (χ4n) is 1.51. The first kappa shape index (κ1) is 18.4. The van der Waals surface area contributed by atoms with Crippen LogP contribution in [0.25, 0.3) is 0 Å². The number of benzene rings is 1. The highest BCUT2D eigenvalue weighted by Crippen LogP contribution is 2.31. The van der Waals surface area contributed by atoms with Crippen LogP contribution in [0, 0.1) is 0 Å². The van der Waals surface area contributed by atoms with Gasteiger partial charge < -0.3 is 5.32 Å². The van der Waals surface area contributed by atoms with Gasteiger partial charge in [-0.15, -0.1) is 0 Å². The zero-order valence-corrected chi connectivity index (χ0v) is 12.8. The number of hydrogen-bond donors (Lipinski definition) is 2. The number of nitrogens with zero attached hydrogens (tertiary/aromatic N) is 1. The van der Waals surface area contributed by atoms with Gasteiger partial charge in [0.15, 0.2) is 0 Å². The van der Waals surface area contributed by atoms with Crippen LogP contribution < -0.4 is 10.0 Å². The summed E-state index contributed by atoms with van der Waals surface area (Å²) in [5, 5.41) is 2.24. The Labute approximate surface area is 126 Å². The predicted octanol–water partition coefficient (Wildman–Crippen LogP) is 0.831. The van der Waals surface area contributed by atoms with E-state index in [0.29, 0.717) is 0 Å². The minimum atomic E-state index is -4.64. The predicted molar refractivity (Wildman–Crippen MR) is 74.4 cm³/mol. The van der Waals surface area contributed by atoms with E-state index in [1.54, 1.807) is 0 Å². The van der Waals surface area contributed by atoms with E-state index >= 15 is 0 Å². The van der Waals surface area contributed by atoms with Crippen molar-refractivity contribution < 1.29 is 26.4 Å². The Bertz CT molecular complexity index is 630. The first-order valence-electron chi connectivity index (χ1n) is 6.17. The highest BCUT2D eigenvalue weighted by Gasteiger charge is 2.34. The normalized spacial score (nSPS) is 12.5. The summed E-state index contributed by atoms with van der Waals surface area (Å²) >= 11 is 0. The van der Waals surface area contributed by atoms with Crippen LogP contribution in [0.5, 0.6) is 0 Å². The van der Waals surface area contributed by atoms with Gasteiger partial charge >= 0.3 is 6.18 Å². The first-order valence-corrected chi connectivity index (χ1v) is 7.61. The van der Waals surface area contributed by atoms with Crippen LogP contribution in [0.4, 0.5) is 13.2 Å². The lowest BCUT2D eigenvalue weighted by Gasteiger charge is -2.14. The largest absolute Gasteiger partial charge is 0.417 e. The molecule has 0 aliphatic heterocycles. The lowest BCUT2D eigenvalue weighted by molar-refractivity contribution is -0.137. The molecule has 1 amide bonds. The van der Waals surface area contributed by atoms with E-state index in [4.69, 9.17) is 0 Å². The second kappa shape index (κ2) is 7.07. The molecule has 1 aromatic rings. The van der Waals surface area contributed by atoms with Crippen LogP contribution in [0.3, 0.4) is 0 Å². The molecule has 0 unspecified atom stereocenters. The van der Waals surface area contributed by atoms with Crippen molar-refractivity contribution in [3.63, 3.8) is 0 Å². The van der Waals surface area contributed by atoms with Gasteiger partial charge in [-0.05, 0) is 12.1 Å². The molecule has 0 aromatic heterocycles. The van der Waals surface area contributed by atoms with Crippen LogP contribution in [-0.2, 0) is 16.4 Å². The van der Waals surface area contributed by atoms with E-state index in [-0.39, 0.29) is 13.1 Å². The van der Waals surface area contributed by atoms with Crippen LogP contribution >= 0.6 is 0 Å². The van der Waals surface area contributed by atoms with E-state index in [1.165, 1.54) is 26.2 Å². The van der Waals surface area contributed by atoms with Gasteiger partial charge in [-0.2, -0.15) is 25.9 Å². The lowest BCUT2D eigenvalue weighted by atomic mass is 10.1. The summed E-state index contributed by atoms with van der Waals surface area (Å²) in [4.78, 5) is 11.8. The van der Waals surface area contributed by atoms with Crippen molar-refractivity contribution >= 4 is 16.1 Å². The molecule has 124 valence electrons. The third-order valence-electron chi connectivity index (χ3n) is 2.65.